The quantitative estimate of drug-likeness (QED) is 0.475. The molecule has 2 aliphatic rings. The van der Waals surface area contributed by atoms with Gasteiger partial charge in [-0.15, -0.1) is 13.2 Å². The van der Waals surface area contributed by atoms with Crippen LogP contribution in [-0.4, -0.2) is 26.4 Å². The van der Waals surface area contributed by atoms with Crippen LogP contribution in [0.25, 0.3) is 0 Å². The number of hydrogen-bond acceptors (Lipinski definition) is 2. The molecule has 0 aliphatic heterocycles. The predicted octanol–water partition coefficient (Wildman–Crippen LogP) is 2.83. The fraction of sp³-hybridized carbons (Fsp3) is 0.600. The van der Waals surface area contributed by atoms with Gasteiger partial charge in [0, 0.05) is 0 Å². The van der Waals surface area contributed by atoms with Crippen LogP contribution < -0.4 is 0 Å². The van der Waals surface area contributed by atoms with Crippen molar-refractivity contribution in [2.24, 2.45) is 23.7 Å². The Bertz CT molecular complexity index is 267. The Morgan fingerprint density at radius 3 is 1.82 bits per heavy atom. The van der Waals surface area contributed by atoms with E-state index in [1.54, 1.807) is 0 Å². The van der Waals surface area contributed by atoms with Crippen molar-refractivity contribution < 1.29 is 9.47 Å². The maximum atomic E-state index is 5.63. The Balaban J connectivity index is 1.85. The molecule has 0 amide bonds. The Hall–Kier alpha value is -0.860. The molecule has 2 rings (SSSR count). The fourth-order valence-corrected chi connectivity index (χ4v) is 3.10. The van der Waals surface area contributed by atoms with E-state index in [9.17, 15) is 0 Å². The van der Waals surface area contributed by atoms with Gasteiger partial charge in [-0.3, -0.25) is 0 Å². The van der Waals surface area contributed by atoms with Gasteiger partial charge < -0.3 is 9.47 Å². The lowest BCUT2D eigenvalue weighted by molar-refractivity contribution is 0.0439. The molecule has 4 atom stereocenters. The van der Waals surface area contributed by atoms with E-state index in [0.29, 0.717) is 36.9 Å². The summed E-state index contributed by atoms with van der Waals surface area (Å²) in [5, 5.41) is 0. The molecule has 1 fully saturated rings. The van der Waals surface area contributed by atoms with Gasteiger partial charge in [-0.1, -0.05) is 24.3 Å². The van der Waals surface area contributed by atoms with Gasteiger partial charge in [0.2, 0.25) is 0 Å². The van der Waals surface area contributed by atoms with Gasteiger partial charge in [0.05, 0.1) is 26.4 Å². The average Bonchev–Trinajstić information content (AvgIpc) is 2.92. The Labute approximate surface area is 104 Å². The summed E-state index contributed by atoms with van der Waals surface area (Å²) >= 11 is 0. The molecule has 0 aromatic carbocycles. The molecule has 0 radical (unpaired) electrons. The fourth-order valence-electron chi connectivity index (χ4n) is 3.10. The summed E-state index contributed by atoms with van der Waals surface area (Å²) in [6, 6.07) is 0. The maximum Gasteiger partial charge on any atom is 0.0644 e. The normalized spacial score (nSPS) is 34.1. The minimum absolute atomic E-state index is 0.620. The van der Waals surface area contributed by atoms with E-state index in [2.05, 4.69) is 25.3 Å². The lowest BCUT2D eigenvalue weighted by Gasteiger charge is -2.27. The molecule has 0 aromatic heterocycles. The first-order valence-electron chi connectivity index (χ1n) is 6.42. The molecule has 2 nitrogen and oxygen atoms in total. The second kappa shape index (κ2) is 6.18. The monoisotopic (exact) mass is 234 g/mol. The van der Waals surface area contributed by atoms with Crippen LogP contribution in [0, 0.1) is 23.7 Å². The SMILES string of the molecule is C=CCOC[C@@H]1[C@H](COCC=C)[C@@H]2C=C[C@H]1C2. The third-order valence-electron chi connectivity index (χ3n) is 3.89. The van der Waals surface area contributed by atoms with Gasteiger partial charge in [-0.25, -0.2) is 0 Å². The van der Waals surface area contributed by atoms with E-state index >= 15 is 0 Å². The minimum Gasteiger partial charge on any atom is -0.377 e. The molecule has 2 bridgehead atoms. The highest BCUT2D eigenvalue weighted by molar-refractivity contribution is 5.13. The van der Waals surface area contributed by atoms with Gasteiger partial charge in [-0.05, 0) is 30.1 Å². The number of rotatable bonds is 8. The summed E-state index contributed by atoms with van der Waals surface area (Å²) in [6.45, 7) is 10.3. The van der Waals surface area contributed by atoms with Crippen molar-refractivity contribution in [2.45, 2.75) is 6.42 Å². The minimum atomic E-state index is 0.620. The summed E-state index contributed by atoms with van der Waals surface area (Å²) in [7, 11) is 0. The molecule has 0 heterocycles. The van der Waals surface area contributed by atoms with Crippen molar-refractivity contribution in [3.63, 3.8) is 0 Å². The van der Waals surface area contributed by atoms with Crippen molar-refractivity contribution in [2.75, 3.05) is 26.4 Å². The van der Waals surface area contributed by atoms with E-state index in [1.165, 1.54) is 6.42 Å². The molecule has 0 aromatic rings. The van der Waals surface area contributed by atoms with E-state index < -0.39 is 0 Å². The van der Waals surface area contributed by atoms with Crippen molar-refractivity contribution >= 4 is 0 Å². The second-order valence-corrected chi connectivity index (χ2v) is 4.93. The largest absolute Gasteiger partial charge is 0.377 e. The van der Waals surface area contributed by atoms with E-state index in [4.69, 9.17) is 9.47 Å². The Kier molecular flexibility index (Phi) is 4.57. The van der Waals surface area contributed by atoms with Crippen LogP contribution >= 0.6 is 0 Å². The number of ether oxygens (including phenoxy) is 2. The van der Waals surface area contributed by atoms with Crippen molar-refractivity contribution in [3.8, 4) is 0 Å². The standard InChI is InChI=1S/C15H22O2/c1-3-7-16-10-14-12-5-6-13(9-12)15(14)11-17-8-4-2/h3-6,12-15H,1-2,7-11H2/t12-,13+,14-,15+. The molecule has 0 N–H and O–H groups in total. The molecule has 1 saturated carbocycles. The van der Waals surface area contributed by atoms with Crippen LogP contribution in [0.15, 0.2) is 37.5 Å². The first kappa shape index (κ1) is 12.6. The number of allylic oxidation sites excluding steroid dienone is 2. The molecule has 0 spiro atoms. The molecule has 0 saturated heterocycles. The first-order chi connectivity index (χ1) is 8.36. The molecule has 2 aliphatic carbocycles. The molecule has 2 heteroatoms. The summed E-state index contributed by atoms with van der Waals surface area (Å²) in [4.78, 5) is 0. The van der Waals surface area contributed by atoms with Gasteiger partial charge in [0.15, 0.2) is 0 Å². The highest BCUT2D eigenvalue weighted by atomic mass is 16.5. The van der Waals surface area contributed by atoms with Crippen LogP contribution in [0.1, 0.15) is 6.42 Å². The molecule has 0 unspecified atom stereocenters. The molecular formula is C15H22O2. The topological polar surface area (TPSA) is 18.5 Å². The van der Waals surface area contributed by atoms with Crippen LogP contribution in [0.2, 0.25) is 0 Å². The van der Waals surface area contributed by atoms with Gasteiger partial charge in [0.25, 0.3) is 0 Å². The highest BCUT2D eigenvalue weighted by Crippen LogP contribution is 2.48. The number of fused-ring (bicyclic) bond motifs is 2. The third-order valence-corrected chi connectivity index (χ3v) is 3.89. The molecular weight excluding hydrogens is 212 g/mol. The highest BCUT2D eigenvalue weighted by Gasteiger charge is 2.44. The van der Waals surface area contributed by atoms with Crippen LogP contribution in [-0.2, 0) is 9.47 Å². The summed E-state index contributed by atoms with van der Waals surface area (Å²) in [6.07, 6.45) is 9.62. The van der Waals surface area contributed by atoms with Crippen molar-refractivity contribution in [1.29, 1.82) is 0 Å². The summed E-state index contributed by atoms with van der Waals surface area (Å²) in [5.74, 6) is 2.63. The van der Waals surface area contributed by atoms with Gasteiger partial charge in [-0.2, -0.15) is 0 Å². The zero-order chi connectivity index (χ0) is 12.1. The second-order valence-electron chi connectivity index (χ2n) is 4.93. The Morgan fingerprint density at radius 1 is 0.941 bits per heavy atom. The lowest BCUT2D eigenvalue weighted by atomic mass is 9.84. The maximum absolute atomic E-state index is 5.63. The van der Waals surface area contributed by atoms with Crippen LogP contribution in [0.5, 0.6) is 0 Å². The summed E-state index contributed by atoms with van der Waals surface area (Å²) < 4.78 is 11.3. The van der Waals surface area contributed by atoms with Gasteiger partial charge >= 0.3 is 0 Å². The smallest absolute Gasteiger partial charge is 0.0644 e. The number of hydrogen-bond donors (Lipinski definition) is 0. The zero-order valence-electron chi connectivity index (χ0n) is 10.4. The molecule has 94 valence electrons. The molecule has 17 heavy (non-hydrogen) atoms. The van der Waals surface area contributed by atoms with Crippen LogP contribution in [0.3, 0.4) is 0 Å². The van der Waals surface area contributed by atoms with E-state index in [-0.39, 0.29) is 0 Å². The van der Waals surface area contributed by atoms with E-state index in [0.717, 1.165) is 13.2 Å². The zero-order valence-corrected chi connectivity index (χ0v) is 10.4. The Morgan fingerprint density at radius 2 is 1.41 bits per heavy atom. The first-order valence-corrected chi connectivity index (χ1v) is 6.42. The van der Waals surface area contributed by atoms with Crippen LogP contribution in [0.4, 0.5) is 0 Å². The van der Waals surface area contributed by atoms with E-state index in [1.807, 2.05) is 12.2 Å². The van der Waals surface area contributed by atoms with Crippen molar-refractivity contribution in [3.05, 3.63) is 37.5 Å². The lowest BCUT2D eigenvalue weighted by Crippen LogP contribution is -2.28. The summed E-state index contributed by atoms with van der Waals surface area (Å²) in [5.41, 5.74) is 0. The van der Waals surface area contributed by atoms with Crippen molar-refractivity contribution in [1.82, 2.24) is 0 Å². The van der Waals surface area contributed by atoms with Gasteiger partial charge in [0.1, 0.15) is 0 Å². The third kappa shape index (κ3) is 2.88. The average molecular weight is 234 g/mol. The predicted molar refractivity (Wildman–Crippen MR) is 69.7 cm³/mol.